The van der Waals surface area contributed by atoms with Crippen molar-refractivity contribution in [2.75, 3.05) is 26.2 Å². The van der Waals surface area contributed by atoms with E-state index in [-0.39, 0.29) is 0 Å². The molecule has 0 unspecified atom stereocenters. The molecule has 0 saturated carbocycles. The van der Waals surface area contributed by atoms with Crippen LogP contribution < -0.4 is 0 Å². The van der Waals surface area contributed by atoms with Crippen LogP contribution in [0.1, 0.15) is 27.7 Å². The van der Waals surface area contributed by atoms with E-state index in [2.05, 4.69) is 27.7 Å². The first kappa shape index (κ1) is 13.9. The van der Waals surface area contributed by atoms with Crippen LogP contribution in [0.15, 0.2) is 0 Å². The molecule has 72 valence electrons. The van der Waals surface area contributed by atoms with E-state index < -0.39 is 0 Å². The third kappa shape index (κ3) is 5.05. The van der Waals surface area contributed by atoms with Gasteiger partial charge in [-0.1, -0.05) is 0 Å². The van der Waals surface area contributed by atoms with Crippen LogP contribution in [0, 0.1) is 5.41 Å². The molecule has 0 fully saturated rings. The summed E-state index contributed by atoms with van der Waals surface area (Å²) in [6.07, 6.45) is 0.750. The van der Waals surface area contributed by atoms with Gasteiger partial charge in [-0.15, -0.1) is 0 Å². The van der Waals surface area contributed by atoms with Crippen molar-refractivity contribution < 1.29 is 9.28 Å². The molecular formula is C9H21N2O+. The Hall–Kier alpha value is -0.660. The Morgan fingerprint density at radius 3 is 1.17 bits per heavy atom. The number of rotatable bonds is 4. The van der Waals surface area contributed by atoms with Crippen molar-refractivity contribution in [3.63, 3.8) is 0 Å². The van der Waals surface area contributed by atoms with Crippen molar-refractivity contribution in [2.45, 2.75) is 27.7 Å². The SMILES string of the molecule is CC[N+](CC)(CC)CC.N=C=O. The Kier molecular flexibility index (Phi) is 9.77. The highest BCUT2D eigenvalue weighted by Crippen LogP contribution is 2.03. The third-order valence-electron chi connectivity index (χ3n) is 2.68. The molecule has 3 heteroatoms. The summed E-state index contributed by atoms with van der Waals surface area (Å²) in [6.45, 7) is 14.2. The van der Waals surface area contributed by atoms with Gasteiger partial charge in [-0.2, -0.15) is 0 Å². The molecule has 3 nitrogen and oxygen atoms in total. The van der Waals surface area contributed by atoms with Gasteiger partial charge in [-0.25, -0.2) is 10.2 Å². The number of carbonyl (C=O) groups excluding carboxylic acids is 1. The minimum absolute atomic E-state index is 0.750. The van der Waals surface area contributed by atoms with Gasteiger partial charge in [0.1, 0.15) is 0 Å². The van der Waals surface area contributed by atoms with Crippen LogP contribution in [0.25, 0.3) is 0 Å². The molecule has 0 aromatic carbocycles. The highest BCUT2D eigenvalue weighted by Gasteiger charge is 2.16. The highest BCUT2D eigenvalue weighted by molar-refractivity contribution is 5.26. The smallest absolute Gasteiger partial charge is 0.231 e. The molecule has 0 aliphatic rings. The van der Waals surface area contributed by atoms with Gasteiger partial charge in [-0.3, -0.25) is 0 Å². The van der Waals surface area contributed by atoms with E-state index in [1.54, 1.807) is 0 Å². The zero-order chi connectivity index (χ0) is 10.0. The van der Waals surface area contributed by atoms with Gasteiger partial charge < -0.3 is 4.48 Å². The fraction of sp³-hybridized carbons (Fsp3) is 0.889. The van der Waals surface area contributed by atoms with Gasteiger partial charge in [0.2, 0.25) is 6.08 Å². The van der Waals surface area contributed by atoms with E-state index >= 15 is 0 Å². The number of isocyanates is 1. The Morgan fingerprint density at radius 2 is 1.17 bits per heavy atom. The summed E-state index contributed by atoms with van der Waals surface area (Å²) in [5.41, 5.74) is 0. The fourth-order valence-electron chi connectivity index (χ4n) is 1.34. The number of nitrogens with one attached hydrogen (secondary N) is 1. The first-order valence-corrected chi connectivity index (χ1v) is 4.55. The van der Waals surface area contributed by atoms with E-state index in [1.807, 2.05) is 0 Å². The molecule has 0 saturated heterocycles. The minimum Gasteiger partial charge on any atom is -0.325 e. The molecule has 1 N–H and O–H groups in total. The third-order valence-corrected chi connectivity index (χ3v) is 2.68. The molecule has 12 heavy (non-hydrogen) atoms. The van der Waals surface area contributed by atoms with Crippen molar-refractivity contribution in [3.05, 3.63) is 0 Å². The molecule has 0 radical (unpaired) electrons. The lowest BCUT2D eigenvalue weighted by atomic mass is 10.3. The first-order chi connectivity index (χ1) is 5.66. The second-order valence-corrected chi connectivity index (χ2v) is 2.71. The van der Waals surface area contributed by atoms with Gasteiger partial charge >= 0.3 is 0 Å². The first-order valence-electron chi connectivity index (χ1n) is 4.55. The van der Waals surface area contributed by atoms with Gasteiger partial charge in [0.15, 0.2) is 0 Å². The quantitative estimate of drug-likeness (QED) is 0.393. The monoisotopic (exact) mass is 173 g/mol. The number of nitrogens with zero attached hydrogens (tertiary/aromatic N) is 1. The lowest BCUT2D eigenvalue weighted by Crippen LogP contribution is -2.47. The minimum atomic E-state index is 0.750. The van der Waals surface area contributed by atoms with E-state index in [4.69, 9.17) is 10.2 Å². The Bertz CT molecular complexity index is 107. The van der Waals surface area contributed by atoms with Crippen LogP contribution in [-0.4, -0.2) is 36.7 Å². The molecule has 0 amide bonds. The average Bonchev–Trinajstić information content (AvgIpc) is 2.11. The van der Waals surface area contributed by atoms with Crippen LogP contribution in [0.4, 0.5) is 0 Å². The Morgan fingerprint density at radius 1 is 1.00 bits per heavy atom. The van der Waals surface area contributed by atoms with Crippen molar-refractivity contribution >= 4 is 6.08 Å². The summed E-state index contributed by atoms with van der Waals surface area (Å²) in [5.74, 6) is 0. The molecule has 0 heterocycles. The van der Waals surface area contributed by atoms with Crippen molar-refractivity contribution in [3.8, 4) is 0 Å². The van der Waals surface area contributed by atoms with Crippen LogP contribution in [0.3, 0.4) is 0 Å². The van der Waals surface area contributed by atoms with Crippen molar-refractivity contribution in [2.24, 2.45) is 0 Å². The zero-order valence-corrected chi connectivity index (χ0v) is 8.68. The second-order valence-electron chi connectivity index (χ2n) is 2.71. The van der Waals surface area contributed by atoms with Crippen molar-refractivity contribution in [1.82, 2.24) is 0 Å². The molecular weight excluding hydrogens is 152 g/mol. The Balaban J connectivity index is 0. The normalized spacial score (nSPS) is 9.67. The lowest BCUT2D eigenvalue weighted by molar-refractivity contribution is -0.921. The highest BCUT2D eigenvalue weighted by atomic mass is 16.1. The van der Waals surface area contributed by atoms with E-state index in [9.17, 15) is 0 Å². The second kappa shape index (κ2) is 8.44. The van der Waals surface area contributed by atoms with Gasteiger partial charge in [0, 0.05) is 0 Å². The molecule has 0 aliphatic carbocycles. The summed E-state index contributed by atoms with van der Waals surface area (Å²) >= 11 is 0. The van der Waals surface area contributed by atoms with Crippen LogP contribution in [0.5, 0.6) is 0 Å². The summed E-state index contributed by atoms with van der Waals surface area (Å²) in [5, 5.41) is 5.40. The molecule has 0 aliphatic heterocycles. The molecule has 0 aromatic rings. The number of hydrogen-bond acceptors (Lipinski definition) is 2. The predicted octanol–water partition coefficient (Wildman–Crippen LogP) is 1.78. The predicted molar refractivity (Wildman–Crippen MR) is 50.8 cm³/mol. The van der Waals surface area contributed by atoms with Gasteiger partial charge in [0.05, 0.1) is 26.2 Å². The van der Waals surface area contributed by atoms with Crippen molar-refractivity contribution in [1.29, 1.82) is 5.41 Å². The van der Waals surface area contributed by atoms with E-state index in [0.29, 0.717) is 0 Å². The zero-order valence-electron chi connectivity index (χ0n) is 8.68. The van der Waals surface area contributed by atoms with Gasteiger partial charge in [-0.05, 0) is 27.7 Å². The average molecular weight is 173 g/mol. The largest absolute Gasteiger partial charge is 0.325 e. The maximum absolute atomic E-state index is 8.35. The number of hydrogen-bond donors (Lipinski definition) is 1. The fourth-order valence-corrected chi connectivity index (χ4v) is 1.34. The molecule has 0 bridgehead atoms. The molecule has 0 atom stereocenters. The summed E-state index contributed by atoms with van der Waals surface area (Å²) < 4.78 is 1.28. The molecule has 0 aromatic heterocycles. The lowest BCUT2D eigenvalue weighted by Gasteiger charge is -2.34. The van der Waals surface area contributed by atoms with E-state index in [0.717, 1.165) is 6.08 Å². The maximum atomic E-state index is 8.35. The van der Waals surface area contributed by atoms with Gasteiger partial charge in [0.25, 0.3) is 0 Å². The van der Waals surface area contributed by atoms with E-state index in [1.165, 1.54) is 30.7 Å². The summed E-state index contributed by atoms with van der Waals surface area (Å²) in [7, 11) is 0. The van der Waals surface area contributed by atoms with Crippen LogP contribution in [-0.2, 0) is 4.79 Å². The topological polar surface area (TPSA) is 40.9 Å². The summed E-state index contributed by atoms with van der Waals surface area (Å²) in [4.78, 5) is 8.35. The number of quaternary nitrogens is 1. The van der Waals surface area contributed by atoms with Crippen LogP contribution in [0.2, 0.25) is 0 Å². The molecule has 0 rings (SSSR count). The molecule has 0 spiro atoms. The standard InChI is InChI=1S/C8H20N.CHNO/c1-5-9(6-2,7-3)8-4;2-1-3/h5-8H2,1-4H3;2H/q+1;. The Labute approximate surface area is 75.5 Å². The van der Waals surface area contributed by atoms with Crippen LogP contribution >= 0.6 is 0 Å². The summed E-state index contributed by atoms with van der Waals surface area (Å²) in [6, 6.07) is 0. The maximum Gasteiger partial charge on any atom is 0.231 e.